The topological polar surface area (TPSA) is 29.5 Å². The summed E-state index contributed by atoms with van der Waals surface area (Å²) in [5.74, 6) is 0.603. The van der Waals surface area contributed by atoms with Crippen molar-refractivity contribution in [1.82, 2.24) is 0 Å². The molecule has 0 saturated heterocycles. The number of ether oxygens (including phenoxy) is 1. The highest BCUT2D eigenvalue weighted by Crippen LogP contribution is 2.38. The number of carbonyl (C=O) groups is 1. The molecule has 1 aromatic rings. The maximum absolute atomic E-state index is 12.6. The van der Waals surface area contributed by atoms with Crippen molar-refractivity contribution in [1.29, 1.82) is 0 Å². The van der Waals surface area contributed by atoms with Crippen molar-refractivity contribution in [3.8, 4) is 5.75 Å². The lowest BCUT2D eigenvalue weighted by Crippen LogP contribution is -2.36. The molecule has 0 radical (unpaired) electrons. The molecule has 22 heavy (non-hydrogen) atoms. The van der Waals surface area contributed by atoms with Gasteiger partial charge in [0, 0.05) is 13.0 Å². The summed E-state index contributed by atoms with van der Waals surface area (Å²) in [6, 6.07) is 5.12. The predicted molar refractivity (Wildman–Crippen MR) is 80.3 cm³/mol. The molecule has 0 atom stereocenters. The van der Waals surface area contributed by atoms with Crippen LogP contribution < -0.4 is 9.64 Å². The van der Waals surface area contributed by atoms with Gasteiger partial charge in [-0.1, -0.05) is 25.0 Å². The normalized spacial score (nSPS) is 18.6. The average Bonchev–Trinajstić information content (AvgIpc) is 2.99. The zero-order chi connectivity index (χ0) is 15.5. The summed E-state index contributed by atoms with van der Waals surface area (Å²) < 4.78 is 29.9. The van der Waals surface area contributed by atoms with E-state index in [4.69, 9.17) is 0 Å². The van der Waals surface area contributed by atoms with E-state index < -0.39 is 6.61 Å². The number of halogens is 2. The maximum Gasteiger partial charge on any atom is 0.387 e. The first-order valence-corrected chi connectivity index (χ1v) is 8.02. The highest BCUT2D eigenvalue weighted by Gasteiger charge is 2.29. The first kappa shape index (κ1) is 15.3. The highest BCUT2D eigenvalue weighted by molar-refractivity contribution is 5.96. The third-order valence-corrected chi connectivity index (χ3v) is 4.64. The van der Waals surface area contributed by atoms with Gasteiger partial charge in [-0.25, -0.2) is 0 Å². The molecule has 1 fully saturated rings. The minimum atomic E-state index is -2.87. The van der Waals surface area contributed by atoms with Crippen molar-refractivity contribution < 1.29 is 18.3 Å². The number of hydrogen-bond donors (Lipinski definition) is 0. The van der Waals surface area contributed by atoms with Crippen LogP contribution in [0.15, 0.2) is 18.2 Å². The number of alkyl halides is 2. The van der Waals surface area contributed by atoms with Gasteiger partial charge in [-0.15, -0.1) is 0 Å². The molecule has 5 heteroatoms. The molecule has 1 saturated carbocycles. The summed E-state index contributed by atoms with van der Waals surface area (Å²) in [6.07, 6.45) is 6.75. The number of amides is 1. The van der Waals surface area contributed by atoms with E-state index in [2.05, 4.69) is 4.74 Å². The minimum Gasteiger partial charge on any atom is -0.433 e. The van der Waals surface area contributed by atoms with Crippen LogP contribution in [0.3, 0.4) is 0 Å². The van der Waals surface area contributed by atoms with Crippen LogP contribution in [0.4, 0.5) is 14.5 Å². The zero-order valence-electron chi connectivity index (χ0n) is 12.6. The maximum atomic E-state index is 12.6. The van der Waals surface area contributed by atoms with Crippen LogP contribution in [0, 0.1) is 5.92 Å². The number of aryl methyl sites for hydroxylation is 1. The largest absolute Gasteiger partial charge is 0.433 e. The molecule has 2 aliphatic rings. The number of hydrogen-bond acceptors (Lipinski definition) is 2. The Morgan fingerprint density at radius 1 is 1.27 bits per heavy atom. The van der Waals surface area contributed by atoms with Crippen LogP contribution in [0.2, 0.25) is 0 Å². The average molecular weight is 309 g/mol. The van der Waals surface area contributed by atoms with Crippen molar-refractivity contribution in [2.24, 2.45) is 5.92 Å². The van der Waals surface area contributed by atoms with Gasteiger partial charge in [0.1, 0.15) is 5.75 Å². The van der Waals surface area contributed by atoms with Crippen molar-refractivity contribution in [3.05, 3.63) is 23.8 Å². The summed E-state index contributed by atoms with van der Waals surface area (Å²) >= 11 is 0. The monoisotopic (exact) mass is 309 g/mol. The van der Waals surface area contributed by atoms with E-state index in [1.165, 1.54) is 18.9 Å². The number of anilines is 1. The smallest absolute Gasteiger partial charge is 0.387 e. The Labute approximate surface area is 129 Å². The third kappa shape index (κ3) is 3.23. The van der Waals surface area contributed by atoms with E-state index in [1.54, 1.807) is 11.0 Å². The lowest BCUT2D eigenvalue weighted by atomic mass is 9.98. The first-order chi connectivity index (χ1) is 10.6. The Kier molecular flexibility index (Phi) is 4.60. The van der Waals surface area contributed by atoms with Crippen LogP contribution >= 0.6 is 0 Å². The Morgan fingerprint density at radius 2 is 2.05 bits per heavy atom. The molecular weight excluding hydrogens is 288 g/mol. The molecule has 0 N–H and O–H groups in total. The lowest BCUT2D eigenvalue weighted by Gasteiger charge is -2.31. The third-order valence-electron chi connectivity index (χ3n) is 4.64. The van der Waals surface area contributed by atoms with E-state index in [0.717, 1.165) is 31.2 Å². The van der Waals surface area contributed by atoms with Gasteiger partial charge >= 0.3 is 6.61 Å². The van der Waals surface area contributed by atoms with Crippen molar-refractivity contribution in [3.63, 3.8) is 0 Å². The Hall–Kier alpha value is -1.65. The molecule has 0 aromatic heterocycles. The zero-order valence-corrected chi connectivity index (χ0v) is 12.6. The quantitative estimate of drug-likeness (QED) is 0.836. The number of carbonyl (C=O) groups excluding carboxylic acids is 1. The van der Waals surface area contributed by atoms with E-state index in [9.17, 15) is 13.6 Å². The van der Waals surface area contributed by atoms with Crippen molar-refractivity contribution in [2.45, 2.75) is 51.6 Å². The number of nitrogens with zero attached hydrogens (tertiary/aromatic N) is 1. The fourth-order valence-corrected chi connectivity index (χ4v) is 3.63. The highest BCUT2D eigenvalue weighted by atomic mass is 19.3. The summed E-state index contributed by atoms with van der Waals surface area (Å²) in [5.41, 5.74) is 1.47. The molecule has 1 aliphatic carbocycles. The van der Waals surface area contributed by atoms with E-state index in [-0.39, 0.29) is 11.7 Å². The molecule has 0 bridgehead atoms. The Morgan fingerprint density at radius 3 is 2.77 bits per heavy atom. The predicted octanol–water partition coefficient (Wildman–Crippen LogP) is 4.15. The molecule has 1 aromatic carbocycles. The van der Waals surface area contributed by atoms with Gasteiger partial charge in [-0.3, -0.25) is 4.79 Å². The van der Waals surface area contributed by atoms with Crippen LogP contribution in [0.5, 0.6) is 5.75 Å². The molecule has 120 valence electrons. The van der Waals surface area contributed by atoms with Gasteiger partial charge in [-0.05, 0) is 43.2 Å². The summed E-state index contributed by atoms with van der Waals surface area (Å²) in [7, 11) is 0. The summed E-state index contributed by atoms with van der Waals surface area (Å²) in [6.45, 7) is -2.29. The van der Waals surface area contributed by atoms with E-state index in [0.29, 0.717) is 24.6 Å². The standard InChI is InChI=1S/C17H21F2NO2/c18-17(19)22-14-9-3-7-13-8-4-10-20(16(13)14)15(21)11-12-5-1-2-6-12/h3,7,9,12,17H,1-2,4-6,8,10-11H2. The SMILES string of the molecule is O=C(CC1CCCC1)N1CCCc2cccc(OC(F)F)c21. The summed E-state index contributed by atoms with van der Waals surface area (Å²) in [4.78, 5) is 14.3. The fraction of sp³-hybridized carbons (Fsp3) is 0.588. The first-order valence-electron chi connectivity index (χ1n) is 8.02. The van der Waals surface area contributed by atoms with Crippen LogP contribution in [-0.4, -0.2) is 19.1 Å². The number of fused-ring (bicyclic) bond motifs is 1. The number of benzene rings is 1. The molecule has 0 unspecified atom stereocenters. The molecule has 1 heterocycles. The number of rotatable bonds is 4. The van der Waals surface area contributed by atoms with Gasteiger partial charge in [0.25, 0.3) is 0 Å². The van der Waals surface area contributed by atoms with Crippen LogP contribution in [0.25, 0.3) is 0 Å². The molecule has 3 nitrogen and oxygen atoms in total. The van der Waals surface area contributed by atoms with Gasteiger partial charge in [0.15, 0.2) is 0 Å². The fourth-order valence-electron chi connectivity index (χ4n) is 3.63. The second-order valence-corrected chi connectivity index (χ2v) is 6.15. The summed E-state index contributed by atoms with van der Waals surface area (Å²) in [5, 5.41) is 0. The number of para-hydroxylation sites is 1. The van der Waals surface area contributed by atoms with Gasteiger partial charge in [0.2, 0.25) is 5.91 Å². The Balaban J connectivity index is 1.83. The lowest BCUT2D eigenvalue weighted by molar-refractivity contribution is -0.119. The second kappa shape index (κ2) is 6.63. The van der Waals surface area contributed by atoms with E-state index >= 15 is 0 Å². The van der Waals surface area contributed by atoms with Crippen molar-refractivity contribution in [2.75, 3.05) is 11.4 Å². The molecule has 0 spiro atoms. The molecule has 1 aliphatic heterocycles. The van der Waals surface area contributed by atoms with Gasteiger partial charge in [0.05, 0.1) is 5.69 Å². The molecular formula is C17H21F2NO2. The van der Waals surface area contributed by atoms with Crippen LogP contribution in [0.1, 0.15) is 44.1 Å². The van der Waals surface area contributed by atoms with Crippen molar-refractivity contribution >= 4 is 11.6 Å². The van der Waals surface area contributed by atoms with Gasteiger partial charge < -0.3 is 9.64 Å². The molecule has 1 amide bonds. The van der Waals surface area contributed by atoms with E-state index in [1.807, 2.05) is 6.07 Å². The molecule has 3 rings (SSSR count). The second-order valence-electron chi connectivity index (χ2n) is 6.15. The Bertz CT molecular complexity index is 541. The van der Waals surface area contributed by atoms with Gasteiger partial charge in [-0.2, -0.15) is 8.78 Å². The minimum absolute atomic E-state index is 0.0400. The van der Waals surface area contributed by atoms with Crippen LogP contribution in [-0.2, 0) is 11.2 Å².